The predicted octanol–water partition coefficient (Wildman–Crippen LogP) is 6.71. The van der Waals surface area contributed by atoms with Crippen LogP contribution in [0.3, 0.4) is 0 Å². The van der Waals surface area contributed by atoms with Gasteiger partial charge in [-0.15, -0.1) is 0 Å². The molecule has 1 N–H and O–H groups in total. The predicted molar refractivity (Wildman–Crippen MR) is 140 cm³/mol. The number of hydrogen-bond donors (Lipinski definition) is 1. The van der Waals surface area contributed by atoms with Crippen molar-refractivity contribution in [3.05, 3.63) is 59.3 Å². The first kappa shape index (κ1) is 24.5. The van der Waals surface area contributed by atoms with Crippen molar-refractivity contribution in [3.8, 4) is 0 Å². The van der Waals surface area contributed by atoms with E-state index in [2.05, 4.69) is 98.9 Å². The topological polar surface area (TPSA) is 57.2 Å². The van der Waals surface area contributed by atoms with Crippen molar-refractivity contribution in [1.82, 2.24) is 15.0 Å². The molecule has 0 atom stereocenters. The van der Waals surface area contributed by atoms with E-state index in [-0.39, 0.29) is 0 Å². The molecule has 3 rings (SSSR count). The third-order valence-electron chi connectivity index (χ3n) is 5.24. The normalized spacial score (nSPS) is 11.0. The quantitative estimate of drug-likeness (QED) is 0.373. The lowest BCUT2D eigenvalue weighted by atomic mass is 10.2. The first-order valence-corrected chi connectivity index (χ1v) is 12.0. The molecule has 0 radical (unpaired) electrons. The van der Waals surface area contributed by atoms with Crippen LogP contribution < -0.4 is 15.1 Å². The van der Waals surface area contributed by atoms with Crippen LogP contribution >= 0.6 is 0 Å². The van der Waals surface area contributed by atoms with Crippen LogP contribution in [-0.2, 0) is 0 Å². The lowest BCUT2D eigenvalue weighted by Crippen LogP contribution is -2.24. The maximum Gasteiger partial charge on any atom is 0.136 e. The fourth-order valence-corrected chi connectivity index (χ4v) is 3.87. The monoisotopic (exact) mass is 446 g/mol. The Balaban J connectivity index is 2.08. The van der Waals surface area contributed by atoms with E-state index in [0.717, 1.165) is 60.6 Å². The van der Waals surface area contributed by atoms with E-state index >= 15 is 0 Å². The zero-order valence-electron chi connectivity index (χ0n) is 21.2. The standard InChI is InChI=1S/C27H38N6/c1-8-12-32(24-15-20(5)10-11-28-24)26-17-22(7)18-27(31-26)33(13-9-2)25-16-21(6)14-23(30-25)29-19(3)4/h10-11,14-19H,8-9,12-13H2,1-7H3,(H,29,30). The second-order valence-corrected chi connectivity index (χ2v) is 9.04. The molecule has 3 aromatic heterocycles. The first-order valence-electron chi connectivity index (χ1n) is 12.0. The molecule has 0 spiro atoms. The van der Waals surface area contributed by atoms with Gasteiger partial charge in [0, 0.05) is 25.3 Å². The summed E-state index contributed by atoms with van der Waals surface area (Å²) in [6.45, 7) is 16.7. The molecule has 0 unspecified atom stereocenters. The molecule has 6 heteroatoms. The van der Waals surface area contributed by atoms with E-state index in [1.807, 2.05) is 12.3 Å². The summed E-state index contributed by atoms with van der Waals surface area (Å²) in [5.41, 5.74) is 3.53. The largest absolute Gasteiger partial charge is 0.368 e. The first-order chi connectivity index (χ1) is 15.8. The molecular formula is C27H38N6. The summed E-state index contributed by atoms with van der Waals surface area (Å²) < 4.78 is 0. The summed E-state index contributed by atoms with van der Waals surface area (Å²) in [4.78, 5) is 19.1. The number of anilines is 5. The summed E-state index contributed by atoms with van der Waals surface area (Å²) in [5, 5.41) is 3.44. The zero-order valence-corrected chi connectivity index (χ0v) is 21.2. The Morgan fingerprint density at radius 2 is 1.24 bits per heavy atom. The van der Waals surface area contributed by atoms with E-state index < -0.39 is 0 Å². The number of aryl methyl sites for hydroxylation is 3. The highest BCUT2D eigenvalue weighted by atomic mass is 15.3. The molecule has 176 valence electrons. The van der Waals surface area contributed by atoms with Crippen LogP contribution in [-0.4, -0.2) is 34.1 Å². The molecule has 0 saturated heterocycles. The van der Waals surface area contributed by atoms with Crippen LogP contribution in [0.15, 0.2) is 42.6 Å². The number of rotatable bonds is 10. The van der Waals surface area contributed by atoms with Gasteiger partial charge in [0.05, 0.1) is 0 Å². The molecule has 0 bridgehead atoms. The average Bonchev–Trinajstić information content (AvgIpc) is 2.74. The van der Waals surface area contributed by atoms with Crippen molar-refractivity contribution in [3.63, 3.8) is 0 Å². The van der Waals surface area contributed by atoms with Crippen molar-refractivity contribution in [2.24, 2.45) is 0 Å². The molecule has 33 heavy (non-hydrogen) atoms. The number of nitrogens with one attached hydrogen (secondary N) is 1. The van der Waals surface area contributed by atoms with Gasteiger partial charge in [0.15, 0.2) is 0 Å². The molecule has 6 nitrogen and oxygen atoms in total. The van der Waals surface area contributed by atoms with Crippen molar-refractivity contribution in [2.75, 3.05) is 28.2 Å². The summed E-state index contributed by atoms with van der Waals surface area (Å²) in [6.07, 6.45) is 3.86. The maximum absolute atomic E-state index is 5.13. The van der Waals surface area contributed by atoms with Gasteiger partial charge in [0.2, 0.25) is 0 Å². The van der Waals surface area contributed by atoms with E-state index in [9.17, 15) is 0 Å². The van der Waals surface area contributed by atoms with Gasteiger partial charge in [-0.2, -0.15) is 0 Å². The van der Waals surface area contributed by atoms with Gasteiger partial charge in [0.25, 0.3) is 0 Å². The summed E-state index contributed by atoms with van der Waals surface area (Å²) >= 11 is 0. The van der Waals surface area contributed by atoms with Gasteiger partial charge in [-0.1, -0.05) is 13.8 Å². The summed E-state index contributed by atoms with van der Waals surface area (Å²) in [6, 6.07) is 13.0. The van der Waals surface area contributed by atoms with Gasteiger partial charge in [-0.05, 0) is 101 Å². The lowest BCUT2D eigenvalue weighted by Gasteiger charge is -2.27. The average molecular weight is 447 g/mol. The molecule has 0 aliphatic heterocycles. The molecule has 0 aromatic carbocycles. The Morgan fingerprint density at radius 3 is 1.79 bits per heavy atom. The molecule has 0 amide bonds. The van der Waals surface area contributed by atoms with Gasteiger partial charge >= 0.3 is 0 Å². The number of aromatic nitrogens is 3. The zero-order chi connectivity index (χ0) is 24.0. The minimum absolute atomic E-state index is 0.319. The number of hydrogen-bond acceptors (Lipinski definition) is 6. The lowest BCUT2D eigenvalue weighted by molar-refractivity contribution is 0.833. The molecule has 0 aliphatic carbocycles. The van der Waals surface area contributed by atoms with Crippen molar-refractivity contribution in [2.45, 2.75) is 67.3 Å². The van der Waals surface area contributed by atoms with E-state index in [1.54, 1.807) is 0 Å². The minimum Gasteiger partial charge on any atom is -0.368 e. The fraction of sp³-hybridized carbons (Fsp3) is 0.444. The highest BCUT2D eigenvalue weighted by Gasteiger charge is 2.18. The third-order valence-corrected chi connectivity index (χ3v) is 5.24. The second-order valence-electron chi connectivity index (χ2n) is 9.04. The molecule has 0 saturated carbocycles. The Bertz CT molecular complexity index is 1060. The third kappa shape index (κ3) is 6.44. The van der Waals surface area contributed by atoms with Crippen molar-refractivity contribution >= 4 is 29.1 Å². The molecule has 0 fully saturated rings. The Hall–Kier alpha value is -3.15. The number of pyridine rings is 3. The van der Waals surface area contributed by atoms with E-state index in [4.69, 9.17) is 9.97 Å². The van der Waals surface area contributed by atoms with Crippen LogP contribution in [0.4, 0.5) is 29.1 Å². The summed E-state index contributed by atoms with van der Waals surface area (Å²) in [7, 11) is 0. The SMILES string of the molecule is CCCN(c1cc(C)ccn1)c1cc(C)cc(N(CCC)c2cc(C)cc(NC(C)C)n2)n1. The molecular weight excluding hydrogens is 408 g/mol. The molecule has 0 aliphatic rings. The fourth-order valence-electron chi connectivity index (χ4n) is 3.87. The highest BCUT2D eigenvalue weighted by molar-refractivity contribution is 5.65. The van der Waals surface area contributed by atoms with Gasteiger partial charge in [0.1, 0.15) is 29.1 Å². The van der Waals surface area contributed by atoms with Crippen LogP contribution in [0.1, 0.15) is 57.2 Å². The minimum atomic E-state index is 0.319. The Kier molecular flexibility index (Phi) is 8.26. The molecule has 3 aromatic rings. The second kappa shape index (κ2) is 11.1. The van der Waals surface area contributed by atoms with E-state index in [0.29, 0.717) is 6.04 Å². The van der Waals surface area contributed by atoms with Crippen LogP contribution in [0, 0.1) is 20.8 Å². The van der Waals surface area contributed by atoms with Gasteiger partial charge in [-0.25, -0.2) is 15.0 Å². The van der Waals surface area contributed by atoms with Crippen LogP contribution in [0.5, 0.6) is 0 Å². The Labute approximate surface area is 199 Å². The van der Waals surface area contributed by atoms with Crippen LogP contribution in [0.2, 0.25) is 0 Å². The van der Waals surface area contributed by atoms with Crippen molar-refractivity contribution in [1.29, 1.82) is 0 Å². The molecule has 3 heterocycles. The summed E-state index contributed by atoms with van der Waals surface area (Å²) in [5.74, 6) is 4.57. The smallest absolute Gasteiger partial charge is 0.136 e. The van der Waals surface area contributed by atoms with Gasteiger partial charge < -0.3 is 15.1 Å². The van der Waals surface area contributed by atoms with Gasteiger partial charge in [-0.3, -0.25) is 0 Å². The van der Waals surface area contributed by atoms with Crippen LogP contribution in [0.25, 0.3) is 0 Å². The number of nitrogens with zero attached hydrogens (tertiary/aromatic N) is 5. The maximum atomic E-state index is 5.13. The van der Waals surface area contributed by atoms with E-state index in [1.165, 1.54) is 11.1 Å². The highest BCUT2D eigenvalue weighted by Crippen LogP contribution is 2.30. The Morgan fingerprint density at radius 1 is 0.727 bits per heavy atom. The van der Waals surface area contributed by atoms with Crippen molar-refractivity contribution < 1.29 is 0 Å².